The Labute approximate surface area is 149 Å². The molecule has 1 aromatic heterocycles. The van der Waals surface area contributed by atoms with Crippen molar-refractivity contribution in [3.63, 3.8) is 0 Å². The van der Waals surface area contributed by atoms with Crippen LogP contribution in [0, 0.1) is 19.3 Å². The standard InChI is InChI=1S/C21H27N3O/c1-12-10-14-15(11-13(12)2)23-17-16(22-14)20(5)8-9-21(17,19(20,3)4)18(25)24(6)7/h10-11H,8-9H2,1-7H3/t20-,21-/m1/s1. The van der Waals surface area contributed by atoms with Gasteiger partial charge in [-0.2, -0.15) is 0 Å². The van der Waals surface area contributed by atoms with Gasteiger partial charge < -0.3 is 4.90 Å². The Hall–Kier alpha value is -1.97. The van der Waals surface area contributed by atoms with Crippen LogP contribution in [0.3, 0.4) is 0 Å². The Morgan fingerprint density at radius 1 is 0.960 bits per heavy atom. The minimum atomic E-state index is -0.569. The highest BCUT2D eigenvalue weighted by atomic mass is 16.2. The molecular weight excluding hydrogens is 310 g/mol. The maximum Gasteiger partial charge on any atom is 0.234 e. The van der Waals surface area contributed by atoms with E-state index in [0.717, 1.165) is 35.3 Å². The van der Waals surface area contributed by atoms with Crippen molar-refractivity contribution in [2.24, 2.45) is 5.41 Å². The first kappa shape index (κ1) is 16.5. The number of aryl methyl sites for hydroxylation is 2. The Kier molecular flexibility index (Phi) is 3.03. The van der Waals surface area contributed by atoms with Gasteiger partial charge in [-0.15, -0.1) is 0 Å². The van der Waals surface area contributed by atoms with Gasteiger partial charge in [-0.25, -0.2) is 9.97 Å². The first-order valence-corrected chi connectivity index (χ1v) is 9.08. The fourth-order valence-electron chi connectivity index (χ4n) is 5.21. The minimum Gasteiger partial charge on any atom is -0.348 e. The minimum absolute atomic E-state index is 0.117. The lowest BCUT2D eigenvalue weighted by molar-refractivity contribution is -0.138. The van der Waals surface area contributed by atoms with Crippen LogP contribution in [0.15, 0.2) is 12.1 Å². The fourth-order valence-corrected chi connectivity index (χ4v) is 5.21. The molecule has 2 bridgehead atoms. The summed E-state index contributed by atoms with van der Waals surface area (Å²) in [5, 5.41) is 0. The second kappa shape index (κ2) is 4.60. The van der Waals surface area contributed by atoms with Crippen molar-refractivity contribution in [2.45, 2.75) is 58.3 Å². The first-order valence-electron chi connectivity index (χ1n) is 9.08. The predicted octanol–water partition coefficient (Wildman–Crippen LogP) is 3.66. The van der Waals surface area contributed by atoms with Crippen molar-refractivity contribution in [3.8, 4) is 0 Å². The van der Waals surface area contributed by atoms with Crippen LogP contribution in [0.25, 0.3) is 11.0 Å². The van der Waals surface area contributed by atoms with Crippen molar-refractivity contribution >= 4 is 16.9 Å². The van der Waals surface area contributed by atoms with Crippen molar-refractivity contribution in [3.05, 3.63) is 34.6 Å². The molecule has 1 amide bonds. The summed E-state index contributed by atoms with van der Waals surface area (Å²) < 4.78 is 0. The Balaban J connectivity index is 2.10. The highest BCUT2D eigenvalue weighted by molar-refractivity contribution is 5.92. The number of rotatable bonds is 1. The van der Waals surface area contributed by atoms with E-state index in [4.69, 9.17) is 9.97 Å². The molecule has 1 heterocycles. The normalized spacial score (nSPS) is 29.1. The summed E-state index contributed by atoms with van der Waals surface area (Å²) in [5.74, 6) is 0.164. The van der Waals surface area contributed by atoms with Gasteiger partial charge in [0, 0.05) is 19.5 Å². The number of carbonyl (C=O) groups is 1. The third kappa shape index (κ3) is 1.66. The highest BCUT2D eigenvalue weighted by Gasteiger charge is 2.73. The number of hydrogen-bond donors (Lipinski definition) is 0. The lowest BCUT2D eigenvalue weighted by Gasteiger charge is -2.40. The van der Waals surface area contributed by atoms with Gasteiger partial charge in [0.1, 0.15) is 0 Å². The molecule has 0 N–H and O–H groups in total. The molecule has 1 fully saturated rings. The molecular formula is C21H27N3O. The molecule has 0 saturated heterocycles. The van der Waals surface area contributed by atoms with Crippen molar-refractivity contribution in [1.82, 2.24) is 14.9 Å². The van der Waals surface area contributed by atoms with Crippen LogP contribution in [0.1, 0.15) is 56.1 Å². The third-order valence-electron chi connectivity index (χ3n) is 7.42. The number of hydrogen-bond acceptors (Lipinski definition) is 3. The zero-order chi connectivity index (χ0) is 18.4. The number of nitrogens with zero attached hydrogens (tertiary/aromatic N) is 3. The zero-order valence-electron chi connectivity index (χ0n) is 16.3. The van der Waals surface area contributed by atoms with Crippen LogP contribution >= 0.6 is 0 Å². The quantitative estimate of drug-likeness (QED) is 0.798. The van der Waals surface area contributed by atoms with Crippen LogP contribution in [-0.4, -0.2) is 34.9 Å². The summed E-state index contributed by atoms with van der Waals surface area (Å²) in [6, 6.07) is 4.23. The van der Waals surface area contributed by atoms with Crippen LogP contribution in [0.5, 0.6) is 0 Å². The largest absolute Gasteiger partial charge is 0.348 e. The molecule has 25 heavy (non-hydrogen) atoms. The van der Waals surface area contributed by atoms with E-state index in [1.54, 1.807) is 4.90 Å². The summed E-state index contributed by atoms with van der Waals surface area (Å²) >= 11 is 0. The van der Waals surface area contributed by atoms with Gasteiger partial charge in [-0.1, -0.05) is 20.8 Å². The number of carbonyl (C=O) groups excluding carboxylic acids is 1. The molecule has 2 atom stereocenters. The van der Waals surface area contributed by atoms with Gasteiger partial charge in [-0.05, 0) is 55.4 Å². The molecule has 0 spiro atoms. The average molecular weight is 337 g/mol. The van der Waals surface area contributed by atoms with Crippen molar-refractivity contribution in [2.75, 3.05) is 14.1 Å². The van der Waals surface area contributed by atoms with E-state index in [2.05, 4.69) is 46.8 Å². The SMILES string of the molecule is Cc1cc2nc3c(nc2cc1C)[C@@]1(C)CC[C@@]3(C(=O)N(C)C)C1(C)C. The predicted molar refractivity (Wildman–Crippen MR) is 99.8 cm³/mol. The number of likely N-dealkylation sites (N-methyl/N-ethyl adjacent to an activating group) is 1. The van der Waals surface area contributed by atoms with Crippen LogP contribution in [0.4, 0.5) is 0 Å². The van der Waals surface area contributed by atoms with Crippen LogP contribution < -0.4 is 0 Å². The average Bonchev–Trinajstić information content (AvgIpc) is 2.82. The topological polar surface area (TPSA) is 46.1 Å². The second-order valence-corrected chi connectivity index (χ2v) is 8.91. The lowest BCUT2D eigenvalue weighted by Crippen LogP contribution is -2.50. The van der Waals surface area contributed by atoms with Crippen LogP contribution in [0.2, 0.25) is 0 Å². The molecule has 2 aliphatic carbocycles. The van der Waals surface area contributed by atoms with Gasteiger partial charge in [0.15, 0.2) is 0 Å². The maximum absolute atomic E-state index is 13.4. The number of aromatic nitrogens is 2. The Bertz CT molecular complexity index is 930. The monoisotopic (exact) mass is 337 g/mol. The van der Waals surface area contributed by atoms with Gasteiger partial charge in [0.2, 0.25) is 5.91 Å². The molecule has 0 unspecified atom stereocenters. The molecule has 1 aromatic carbocycles. The molecule has 132 valence electrons. The van der Waals surface area contributed by atoms with Crippen molar-refractivity contribution < 1.29 is 4.79 Å². The molecule has 4 rings (SSSR count). The van der Waals surface area contributed by atoms with Crippen molar-refractivity contribution in [1.29, 1.82) is 0 Å². The van der Waals surface area contributed by atoms with E-state index in [1.807, 2.05) is 14.1 Å². The van der Waals surface area contributed by atoms with Gasteiger partial charge >= 0.3 is 0 Å². The second-order valence-electron chi connectivity index (χ2n) is 8.91. The molecule has 4 heteroatoms. The summed E-state index contributed by atoms with van der Waals surface area (Å²) in [6.07, 6.45) is 1.84. The Morgan fingerprint density at radius 2 is 1.48 bits per heavy atom. The maximum atomic E-state index is 13.4. The third-order valence-corrected chi connectivity index (χ3v) is 7.42. The smallest absolute Gasteiger partial charge is 0.234 e. The number of benzene rings is 1. The van der Waals surface area contributed by atoms with Gasteiger partial charge in [-0.3, -0.25) is 4.79 Å². The van der Waals surface area contributed by atoms with E-state index in [-0.39, 0.29) is 16.7 Å². The number of amides is 1. The summed E-state index contributed by atoms with van der Waals surface area (Å²) in [6.45, 7) is 10.9. The summed E-state index contributed by atoms with van der Waals surface area (Å²) in [4.78, 5) is 25.2. The van der Waals surface area contributed by atoms with E-state index < -0.39 is 5.41 Å². The highest BCUT2D eigenvalue weighted by Crippen LogP contribution is 2.70. The fraction of sp³-hybridized carbons (Fsp3) is 0.571. The molecule has 2 aliphatic rings. The molecule has 0 radical (unpaired) electrons. The Morgan fingerprint density at radius 3 is 2.00 bits per heavy atom. The van der Waals surface area contributed by atoms with E-state index in [1.165, 1.54) is 11.1 Å². The van der Waals surface area contributed by atoms with Gasteiger partial charge in [0.25, 0.3) is 0 Å². The van der Waals surface area contributed by atoms with E-state index in [9.17, 15) is 4.79 Å². The molecule has 1 saturated carbocycles. The van der Waals surface area contributed by atoms with E-state index >= 15 is 0 Å². The summed E-state index contributed by atoms with van der Waals surface area (Å²) in [7, 11) is 3.70. The van der Waals surface area contributed by atoms with Crippen LogP contribution in [-0.2, 0) is 15.6 Å². The lowest BCUT2D eigenvalue weighted by atomic mass is 9.63. The first-order chi connectivity index (χ1) is 11.6. The zero-order valence-corrected chi connectivity index (χ0v) is 16.3. The molecule has 0 aliphatic heterocycles. The molecule has 4 nitrogen and oxygen atoms in total. The van der Waals surface area contributed by atoms with Gasteiger partial charge in [0.05, 0.1) is 27.8 Å². The number of fused-ring (bicyclic) bond motifs is 6. The summed E-state index contributed by atoms with van der Waals surface area (Å²) in [5.41, 5.74) is 5.35. The van der Waals surface area contributed by atoms with E-state index in [0.29, 0.717) is 0 Å². The molecule has 2 aromatic rings.